The Morgan fingerprint density at radius 1 is 1.53 bits per heavy atom. The SMILES string of the molecule is CC(=O)N/C=C\SC1=C(C(=O)O)N2C(=O)C(C)C2C1. The van der Waals surface area contributed by atoms with Crippen LogP contribution in [0.3, 0.4) is 0 Å². The normalized spacial score (nSPS) is 25.6. The number of carbonyl (C=O) groups excluding carboxylic acids is 2. The maximum absolute atomic E-state index is 11.7. The number of carboxylic acid groups (broad SMARTS) is 1. The zero-order chi connectivity index (χ0) is 14.2. The van der Waals surface area contributed by atoms with E-state index >= 15 is 0 Å². The molecule has 0 spiro atoms. The molecule has 2 amide bonds. The number of carbonyl (C=O) groups is 3. The molecule has 0 aromatic carbocycles. The van der Waals surface area contributed by atoms with Crippen LogP contribution in [-0.2, 0) is 14.4 Å². The predicted octanol–water partition coefficient (Wildman–Crippen LogP) is 0.874. The van der Waals surface area contributed by atoms with Gasteiger partial charge in [0.1, 0.15) is 5.70 Å². The summed E-state index contributed by atoms with van der Waals surface area (Å²) in [5.41, 5.74) is 0.0746. The molecule has 2 N–H and O–H groups in total. The monoisotopic (exact) mass is 282 g/mol. The molecule has 0 aliphatic carbocycles. The lowest BCUT2D eigenvalue weighted by Gasteiger charge is -2.41. The van der Waals surface area contributed by atoms with Gasteiger partial charge in [-0.3, -0.25) is 9.59 Å². The van der Waals surface area contributed by atoms with Gasteiger partial charge in [0.15, 0.2) is 0 Å². The van der Waals surface area contributed by atoms with E-state index in [0.717, 1.165) is 0 Å². The zero-order valence-corrected chi connectivity index (χ0v) is 11.4. The van der Waals surface area contributed by atoms with Crippen molar-refractivity contribution in [1.29, 1.82) is 0 Å². The molecule has 102 valence electrons. The van der Waals surface area contributed by atoms with Crippen LogP contribution < -0.4 is 5.32 Å². The molecule has 2 atom stereocenters. The third-order valence-corrected chi connectivity index (χ3v) is 4.12. The van der Waals surface area contributed by atoms with Crippen LogP contribution in [0.15, 0.2) is 22.2 Å². The summed E-state index contributed by atoms with van der Waals surface area (Å²) in [6.45, 7) is 3.20. The Labute approximate surface area is 114 Å². The van der Waals surface area contributed by atoms with Crippen molar-refractivity contribution < 1.29 is 19.5 Å². The highest BCUT2D eigenvalue weighted by molar-refractivity contribution is 8.05. The molecule has 1 fully saturated rings. The first-order chi connectivity index (χ1) is 8.93. The second-order valence-corrected chi connectivity index (χ2v) is 5.47. The van der Waals surface area contributed by atoms with Crippen molar-refractivity contribution in [3.8, 4) is 0 Å². The highest BCUT2D eigenvalue weighted by atomic mass is 32.2. The van der Waals surface area contributed by atoms with Gasteiger partial charge in [0.2, 0.25) is 11.8 Å². The summed E-state index contributed by atoms with van der Waals surface area (Å²) < 4.78 is 0. The van der Waals surface area contributed by atoms with Gasteiger partial charge in [0.25, 0.3) is 0 Å². The summed E-state index contributed by atoms with van der Waals surface area (Å²) in [5, 5.41) is 13.3. The Balaban J connectivity index is 2.11. The molecule has 0 aromatic rings. The fourth-order valence-corrected chi connectivity index (χ4v) is 3.11. The molecule has 1 saturated heterocycles. The molecule has 2 unspecified atom stereocenters. The van der Waals surface area contributed by atoms with Crippen LogP contribution >= 0.6 is 11.8 Å². The fourth-order valence-electron chi connectivity index (χ4n) is 2.25. The Morgan fingerprint density at radius 2 is 2.21 bits per heavy atom. The molecule has 2 heterocycles. The van der Waals surface area contributed by atoms with E-state index in [0.29, 0.717) is 11.3 Å². The van der Waals surface area contributed by atoms with Crippen LogP contribution in [-0.4, -0.2) is 33.8 Å². The number of fused-ring (bicyclic) bond motifs is 1. The molecule has 0 bridgehead atoms. The summed E-state index contributed by atoms with van der Waals surface area (Å²) in [5.74, 6) is -1.53. The van der Waals surface area contributed by atoms with E-state index in [4.69, 9.17) is 0 Å². The van der Waals surface area contributed by atoms with Crippen LogP contribution in [0.4, 0.5) is 0 Å². The van der Waals surface area contributed by atoms with Gasteiger partial charge in [-0.05, 0) is 5.41 Å². The largest absolute Gasteiger partial charge is 0.477 e. The van der Waals surface area contributed by atoms with Crippen molar-refractivity contribution in [3.05, 3.63) is 22.2 Å². The molecule has 7 heteroatoms. The number of aliphatic carboxylic acids is 1. The van der Waals surface area contributed by atoms with Crippen molar-refractivity contribution in [2.45, 2.75) is 26.3 Å². The number of β-lactam (4-membered cyclic amide) rings is 1. The topological polar surface area (TPSA) is 86.7 Å². The number of hydrogen-bond donors (Lipinski definition) is 2. The van der Waals surface area contributed by atoms with Crippen molar-refractivity contribution in [2.75, 3.05) is 0 Å². The molecule has 6 nitrogen and oxygen atoms in total. The van der Waals surface area contributed by atoms with E-state index in [1.165, 1.54) is 29.8 Å². The number of nitrogens with one attached hydrogen (secondary N) is 1. The van der Waals surface area contributed by atoms with Gasteiger partial charge in [-0.1, -0.05) is 18.7 Å². The van der Waals surface area contributed by atoms with Gasteiger partial charge in [-0.15, -0.1) is 0 Å². The smallest absolute Gasteiger partial charge is 0.353 e. The molecular weight excluding hydrogens is 268 g/mol. The van der Waals surface area contributed by atoms with Crippen molar-refractivity contribution in [3.63, 3.8) is 0 Å². The summed E-state index contributed by atoms with van der Waals surface area (Å²) >= 11 is 1.22. The van der Waals surface area contributed by atoms with Crippen LogP contribution in [0.1, 0.15) is 20.3 Å². The van der Waals surface area contributed by atoms with Gasteiger partial charge < -0.3 is 15.3 Å². The maximum atomic E-state index is 11.7. The van der Waals surface area contributed by atoms with Gasteiger partial charge in [0, 0.05) is 24.4 Å². The van der Waals surface area contributed by atoms with Crippen LogP contribution in [0.5, 0.6) is 0 Å². The highest BCUT2D eigenvalue weighted by Crippen LogP contribution is 2.45. The Bertz CT molecular complexity index is 512. The zero-order valence-electron chi connectivity index (χ0n) is 10.5. The quantitative estimate of drug-likeness (QED) is 0.747. The first-order valence-electron chi connectivity index (χ1n) is 5.81. The number of carboxylic acids is 1. The number of nitrogens with zero attached hydrogens (tertiary/aromatic N) is 1. The fraction of sp³-hybridized carbons (Fsp3) is 0.417. The second-order valence-electron chi connectivity index (χ2n) is 4.47. The molecule has 0 radical (unpaired) electrons. The Hall–Kier alpha value is -1.76. The lowest BCUT2D eigenvalue weighted by Crippen LogP contribution is -2.57. The Kier molecular flexibility index (Phi) is 3.66. The molecule has 0 saturated carbocycles. The van der Waals surface area contributed by atoms with E-state index in [1.54, 1.807) is 5.41 Å². The molecule has 2 rings (SSSR count). The van der Waals surface area contributed by atoms with Gasteiger partial charge >= 0.3 is 5.97 Å². The van der Waals surface area contributed by atoms with Gasteiger partial charge in [-0.25, -0.2) is 4.79 Å². The molecule has 19 heavy (non-hydrogen) atoms. The molecule has 2 aliphatic heterocycles. The predicted molar refractivity (Wildman–Crippen MR) is 69.6 cm³/mol. The lowest BCUT2D eigenvalue weighted by molar-refractivity contribution is -0.153. The van der Waals surface area contributed by atoms with Crippen molar-refractivity contribution >= 4 is 29.5 Å². The number of hydrogen-bond acceptors (Lipinski definition) is 4. The van der Waals surface area contributed by atoms with Crippen LogP contribution in [0.2, 0.25) is 0 Å². The Morgan fingerprint density at radius 3 is 2.79 bits per heavy atom. The average molecular weight is 282 g/mol. The molecule has 2 aliphatic rings. The summed E-state index contributed by atoms with van der Waals surface area (Å²) in [7, 11) is 0. The average Bonchev–Trinajstić information content (AvgIpc) is 2.69. The van der Waals surface area contributed by atoms with Crippen molar-refractivity contribution in [2.24, 2.45) is 5.92 Å². The molecular formula is C12H14N2O4S. The standard InChI is InChI=1S/C12H14N2O4S/c1-6-8-5-9(19-4-3-13-7(2)15)10(12(17)18)14(8)11(6)16/h3-4,6,8H,5H2,1-2H3,(H,13,15)(H,17,18)/b4-3-. The van der Waals surface area contributed by atoms with Crippen LogP contribution in [0.25, 0.3) is 0 Å². The van der Waals surface area contributed by atoms with E-state index in [1.807, 2.05) is 6.92 Å². The minimum atomic E-state index is -1.09. The number of thioether (sulfide) groups is 1. The second kappa shape index (κ2) is 5.08. The first-order valence-corrected chi connectivity index (χ1v) is 6.69. The lowest BCUT2D eigenvalue weighted by atomic mass is 9.89. The van der Waals surface area contributed by atoms with E-state index in [9.17, 15) is 19.5 Å². The highest BCUT2D eigenvalue weighted by Gasteiger charge is 2.52. The minimum absolute atomic E-state index is 0.0322. The third kappa shape index (κ3) is 2.37. The van der Waals surface area contributed by atoms with Crippen LogP contribution in [0, 0.1) is 5.92 Å². The van der Waals surface area contributed by atoms with E-state index < -0.39 is 5.97 Å². The minimum Gasteiger partial charge on any atom is -0.477 e. The summed E-state index contributed by atoms with van der Waals surface area (Å²) in [6.07, 6.45) is 2.02. The third-order valence-electron chi connectivity index (χ3n) is 3.20. The number of rotatable bonds is 4. The van der Waals surface area contributed by atoms with E-state index in [-0.39, 0.29) is 29.5 Å². The summed E-state index contributed by atoms with van der Waals surface area (Å²) in [4.78, 5) is 35.6. The number of amides is 2. The van der Waals surface area contributed by atoms with Gasteiger partial charge in [0.05, 0.1) is 12.0 Å². The van der Waals surface area contributed by atoms with E-state index in [2.05, 4.69) is 5.32 Å². The summed E-state index contributed by atoms with van der Waals surface area (Å²) in [6, 6.07) is -0.0322. The van der Waals surface area contributed by atoms with Crippen molar-refractivity contribution in [1.82, 2.24) is 10.2 Å². The van der Waals surface area contributed by atoms with Gasteiger partial charge in [-0.2, -0.15) is 0 Å². The molecule has 0 aromatic heterocycles. The first kappa shape index (κ1) is 13.7. The maximum Gasteiger partial charge on any atom is 0.353 e.